The van der Waals surface area contributed by atoms with Crippen molar-refractivity contribution in [2.45, 2.75) is 27.2 Å². The number of rotatable bonds is 2. The van der Waals surface area contributed by atoms with Gasteiger partial charge in [-0.2, -0.15) is 0 Å². The van der Waals surface area contributed by atoms with Crippen molar-refractivity contribution in [1.29, 1.82) is 0 Å². The van der Waals surface area contributed by atoms with Gasteiger partial charge in [0, 0.05) is 16.5 Å². The maximum atomic E-state index is 11.8. The summed E-state index contributed by atoms with van der Waals surface area (Å²) in [4.78, 5) is 11.8. The average molecular weight is 290 g/mol. The molecule has 0 saturated heterocycles. The number of hydrogen-bond acceptors (Lipinski definition) is 1. The van der Waals surface area contributed by atoms with Gasteiger partial charge in [-0.05, 0) is 33.5 Å². The molecule has 0 aromatic heterocycles. The van der Waals surface area contributed by atoms with Crippen molar-refractivity contribution in [1.82, 2.24) is 0 Å². The highest BCUT2D eigenvalue weighted by atomic mass is 79.9. The second kappa shape index (κ2) is 4.67. The van der Waals surface area contributed by atoms with E-state index in [0.29, 0.717) is 17.0 Å². The number of carbonyl (C=O) groups excluding carboxylic acids is 1. The van der Waals surface area contributed by atoms with Crippen LogP contribution in [0, 0.1) is 5.41 Å². The SMILES string of the molecule is CC(C)(C)CC(=O)c1ccc(Br)c(Cl)c1. The van der Waals surface area contributed by atoms with Gasteiger partial charge in [-0.1, -0.05) is 38.4 Å². The van der Waals surface area contributed by atoms with Crippen LogP contribution in [0.1, 0.15) is 37.6 Å². The fourth-order valence-electron chi connectivity index (χ4n) is 1.25. The molecule has 1 rings (SSSR count). The highest BCUT2D eigenvalue weighted by Gasteiger charge is 2.17. The average Bonchev–Trinajstić information content (AvgIpc) is 2.06. The molecule has 3 heteroatoms. The van der Waals surface area contributed by atoms with Gasteiger partial charge >= 0.3 is 0 Å². The van der Waals surface area contributed by atoms with Crippen molar-refractivity contribution < 1.29 is 4.79 Å². The standard InChI is InChI=1S/C12H14BrClO/c1-12(2,3)7-11(15)8-4-5-9(13)10(14)6-8/h4-6H,7H2,1-3H3. The van der Waals surface area contributed by atoms with Crippen LogP contribution in [0.4, 0.5) is 0 Å². The predicted octanol–water partition coefficient (Wildman–Crippen LogP) is 4.72. The number of carbonyl (C=O) groups is 1. The Bertz CT molecular complexity index is 380. The van der Waals surface area contributed by atoms with Gasteiger partial charge in [0.05, 0.1) is 5.02 Å². The van der Waals surface area contributed by atoms with Gasteiger partial charge in [-0.3, -0.25) is 4.79 Å². The molecule has 82 valence electrons. The predicted molar refractivity (Wildman–Crippen MR) is 67.6 cm³/mol. The third-order valence-electron chi connectivity index (χ3n) is 1.93. The molecule has 0 spiro atoms. The first-order valence-electron chi connectivity index (χ1n) is 4.78. The lowest BCUT2D eigenvalue weighted by molar-refractivity contribution is 0.0940. The first kappa shape index (κ1) is 12.7. The molecule has 0 aliphatic carbocycles. The maximum Gasteiger partial charge on any atom is 0.163 e. The second-order valence-corrected chi connectivity index (χ2v) is 6.05. The molecular weight excluding hydrogens is 275 g/mol. The van der Waals surface area contributed by atoms with Crippen LogP contribution < -0.4 is 0 Å². The molecule has 0 amide bonds. The van der Waals surface area contributed by atoms with E-state index in [1.165, 1.54) is 0 Å². The summed E-state index contributed by atoms with van der Waals surface area (Å²) >= 11 is 9.23. The molecule has 0 saturated carbocycles. The highest BCUT2D eigenvalue weighted by Crippen LogP contribution is 2.26. The van der Waals surface area contributed by atoms with Crippen molar-refractivity contribution in [2.75, 3.05) is 0 Å². The summed E-state index contributed by atoms with van der Waals surface area (Å²) in [6, 6.07) is 5.31. The molecule has 1 aromatic rings. The van der Waals surface area contributed by atoms with E-state index in [1.807, 2.05) is 20.8 Å². The lowest BCUT2D eigenvalue weighted by Gasteiger charge is -2.16. The zero-order valence-electron chi connectivity index (χ0n) is 9.10. The van der Waals surface area contributed by atoms with Crippen LogP contribution >= 0.6 is 27.5 Å². The minimum absolute atomic E-state index is 0.0105. The molecule has 0 aliphatic rings. The summed E-state index contributed by atoms with van der Waals surface area (Å²) in [6.07, 6.45) is 0.533. The van der Waals surface area contributed by atoms with Crippen LogP contribution in [-0.2, 0) is 0 Å². The smallest absolute Gasteiger partial charge is 0.163 e. The van der Waals surface area contributed by atoms with Crippen molar-refractivity contribution >= 4 is 33.3 Å². The van der Waals surface area contributed by atoms with Gasteiger partial charge in [-0.15, -0.1) is 0 Å². The van der Waals surface area contributed by atoms with Crippen molar-refractivity contribution in [2.24, 2.45) is 5.41 Å². The topological polar surface area (TPSA) is 17.1 Å². The minimum Gasteiger partial charge on any atom is -0.294 e. The largest absolute Gasteiger partial charge is 0.294 e. The summed E-state index contributed by atoms with van der Waals surface area (Å²) in [6.45, 7) is 6.14. The van der Waals surface area contributed by atoms with Crippen LogP contribution in [-0.4, -0.2) is 5.78 Å². The molecule has 0 bridgehead atoms. The molecule has 1 nitrogen and oxygen atoms in total. The Hall–Kier alpha value is -0.340. The number of Topliss-reactive ketones (excluding diaryl/α,β-unsaturated/α-hetero) is 1. The summed E-state index contributed by atoms with van der Waals surface area (Å²) in [5.41, 5.74) is 0.689. The van der Waals surface area contributed by atoms with E-state index in [9.17, 15) is 4.79 Å². The first-order valence-corrected chi connectivity index (χ1v) is 5.95. The van der Waals surface area contributed by atoms with Gasteiger partial charge in [0.25, 0.3) is 0 Å². The Kier molecular flexibility index (Phi) is 3.96. The summed E-state index contributed by atoms with van der Waals surface area (Å²) in [5, 5.41) is 0.578. The fraction of sp³-hybridized carbons (Fsp3) is 0.417. The minimum atomic E-state index is 0.0105. The zero-order valence-corrected chi connectivity index (χ0v) is 11.4. The number of halogens is 2. The van der Waals surface area contributed by atoms with Crippen molar-refractivity contribution in [3.8, 4) is 0 Å². The molecule has 0 N–H and O–H groups in total. The Balaban J connectivity index is 2.88. The van der Waals surface area contributed by atoms with Crippen molar-refractivity contribution in [3.63, 3.8) is 0 Å². The van der Waals surface area contributed by atoms with E-state index >= 15 is 0 Å². The van der Waals surface area contributed by atoms with E-state index < -0.39 is 0 Å². The number of ketones is 1. The highest BCUT2D eigenvalue weighted by molar-refractivity contribution is 9.10. The Morgan fingerprint density at radius 2 is 2.00 bits per heavy atom. The summed E-state index contributed by atoms with van der Waals surface area (Å²) < 4.78 is 0.816. The maximum absolute atomic E-state index is 11.8. The van der Waals surface area contributed by atoms with Gasteiger partial charge in [0.1, 0.15) is 0 Å². The zero-order chi connectivity index (χ0) is 11.6. The van der Waals surface area contributed by atoms with E-state index in [-0.39, 0.29) is 11.2 Å². The fourth-order valence-corrected chi connectivity index (χ4v) is 1.68. The number of hydrogen-bond donors (Lipinski definition) is 0. The quantitative estimate of drug-likeness (QED) is 0.720. The van der Waals surface area contributed by atoms with Crippen LogP contribution in [0.2, 0.25) is 5.02 Å². The van der Waals surface area contributed by atoms with Gasteiger partial charge < -0.3 is 0 Å². The summed E-state index contributed by atoms with van der Waals surface area (Å²) in [5.74, 6) is 0.136. The molecular formula is C12H14BrClO. The van der Waals surface area contributed by atoms with Crippen LogP contribution in [0.3, 0.4) is 0 Å². The van der Waals surface area contributed by atoms with Gasteiger partial charge in [0.15, 0.2) is 5.78 Å². The van der Waals surface area contributed by atoms with E-state index in [0.717, 1.165) is 4.47 Å². The monoisotopic (exact) mass is 288 g/mol. The third kappa shape index (κ3) is 3.96. The molecule has 0 aliphatic heterocycles. The number of benzene rings is 1. The third-order valence-corrected chi connectivity index (χ3v) is 3.16. The lowest BCUT2D eigenvalue weighted by atomic mass is 9.88. The Morgan fingerprint density at radius 1 is 1.40 bits per heavy atom. The summed E-state index contributed by atoms with van der Waals surface area (Å²) in [7, 11) is 0. The molecule has 0 fully saturated rings. The van der Waals surface area contributed by atoms with Crippen LogP contribution in [0.25, 0.3) is 0 Å². The molecule has 0 heterocycles. The normalized spacial score (nSPS) is 11.5. The molecule has 1 aromatic carbocycles. The lowest BCUT2D eigenvalue weighted by Crippen LogP contribution is -2.12. The van der Waals surface area contributed by atoms with E-state index in [1.54, 1.807) is 18.2 Å². The van der Waals surface area contributed by atoms with Crippen molar-refractivity contribution in [3.05, 3.63) is 33.3 Å². The molecule has 0 atom stereocenters. The Labute approximate surface area is 104 Å². The molecule has 0 radical (unpaired) electrons. The first-order chi connectivity index (χ1) is 6.79. The van der Waals surface area contributed by atoms with E-state index in [4.69, 9.17) is 11.6 Å². The Morgan fingerprint density at radius 3 is 2.47 bits per heavy atom. The molecule has 15 heavy (non-hydrogen) atoms. The van der Waals surface area contributed by atoms with E-state index in [2.05, 4.69) is 15.9 Å². The van der Waals surface area contributed by atoms with Crippen LogP contribution in [0.15, 0.2) is 22.7 Å². The van der Waals surface area contributed by atoms with Crippen LogP contribution in [0.5, 0.6) is 0 Å². The van der Waals surface area contributed by atoms with Gasteiger partial charge in [0.2, 0.25) is 0 Å². The van der Waals surface area contributed by atoms with Gasteiger partial charge in [-0.25, -0.2) is 0 Å². The second-order valence-electron chi connectivity index (χ2n) is 4.79. The molecule has 0 unspecified atom stereocenters.